The Bertz CT molecular complexity index is 580. The second kappa shape index (κ2) is 4.85. The van der Waals surface area contributed by atoms with Crippen LogP contribution in [0.3, 0.4) is 0 Å². The SMILES string of the molecule is CC(N1CCCSC1=S)n1nnc2ccccc21. The molecule has 0 spiro atoms. The van der Waals surface area contributed by atoms with Gasteiger partial charge in [0.25, 0.3) is 0 Å². The van der Waals surface area contributed by atoms with Crippen molar-refractivity contribution in [1.82, 2.24) is 19.9 Å². The lowest BCUT2D eigenvalue weighted by atomic mass is 10.3. The van der Waals surface area contributed by atoms with E-state index in [0.717, 1.165) is 27.7 Å². The molecule has 4 nitrogen and oxygen atoms in total. The quantitative estimate of drug-likeness (QED) is 0.789. The second-order valence-corrected chi connectivity index (χ2v) is 6.04. The number of aromatic nitrogens is 3. The standard InChI is InChI=1S/C12H14N4S2/c1-9(15-7-4-8-18-12(15)17)16-11-6-3-2-5-10(11)13-14-16/h2-3,5-6,9H,4,7-8H2,1H3. The molecule has 0 aliphatic carbocycles. The zero-order chi connectivity index (χ0) is 12.5. The molecule has 0 saturated carbocycles. The number of rotatable bonds is 2. The smallest absolute Gasteiger partial charge is 0.138 e. The Morgan fingerprint density at radius 1 is 1.39 bits per heavy atom. The summed E-state index contributed by atoms with van der Waals surface area (Å²) < 4.78 is 2.92. The Balaban J connectivity index is 1.96. The fourth-order valence-corrected chi connectivity index (χ4v) is 3.55. The third kappa shape index (κ3) is 1.99. The predicted octanol–water partition coefficient (Wildman–Crippen LogP) is 2.67. The number of benzene rings is 1. The van der Waals surface area contributed by atoms with Crippen LogP contribution >= 0.6 is 24.0 Å². The molecule has 18 heavy (non-hydrogen) atoms. The van der Waals surface area contributed by atoms with E-state index in [1.54, 1.807) is 11.8 Å². The molecule has 1 aromatic heterocycles. The van der Waals surface area contributed by atoms with Crippen LogP contribution in [0.25, 0.3) is 11.0 Å². The van der Waals surface area contributed by atoms with Gasteiger partial charge in [0.2, 0.25) is 0 Å². The number of fused-ring (bicyclic) bond motifs is 1. The third-order valence-corrected chi connectivity index (χ3v) is 4.75. The van der Waals surface area contributed by atoms with Gasteiger partial charge in [0, 0.05) is 12.3 Å². The Morgan fingerprint density at radius 2 is 2.22 bits per heavy atom. The van der Waals surface area contributed by atoms with Gasteiger partial charge in [-0.2, -0.15) is 0 Å². The minimum absolute atomic E-state index is 0.123. The van der Waals surface area contributed by atoms with Crippen molar-refractivity contribution in [3.63, 3.8) is 0 Å². The molecule has 0 radical (unpaired) electrons. The van der Waals surface area contributed by atoms with Gasteiger partial charge in [0.05, 0.1) is 5.52 Å². The van der Waals surface area contributed by atoms with Crippen LogP contribution in [-0.2, 0) is 0 Å². The van der Waals surface area contributed by atoms with E-state index in [9.17, 15) is 0 Å². The van der Waals surface area contributed by atoms with Gasteiger partial charge in [-0.25, -0.2) is 4.68 Å². The van der Waals surface area contributed by atoms with Crippen molar-refractivity contribution in [2.45, 2.75) is 19.5 Å². The van der Waals surface area contributed by atoms with E-state index >= 15 is 0 Å². The Labute approximate surface area is 115 Å². The highest BCUT2D eigenvalue weighted by Gasteiger charge is 2.23. The number of hydrogen-bond donors (Lipinski definition) is 0. The zero-order valence-corrected chi connectivity index (χ0v) is 11.7. The minimum Gasteiger partial charge on any atom is -0.336 e. The monoisotopic (exact) mass is 278 g/mol. The molecule has 1 aliphatic rings. The lowest BCUT2D eigenvalue weighted by Gasteiger charge is -2.34. The van der Waals surface area contributed by atoms with E-state index in [0.29, 0.717) is 0 Å². The van der Waals surface area contributed by atoms with Gasteiger partial charge in [-0.15, -0.1) is 5.10 Å². The number of para-hydroxylation sites is 1. The summed E-state index contributed by atoms with van der Waals surface area (Å²) in [6.07, 6.45) is 1.29. The normalized spacial score (nSPS) is 18.3. The van der Waals surface area contributed by atoms with E-state index in [1.165, 1.54) is 6.42 Å². The predicted molar refractivity (Wildman–Crippen MR) is 78.6 cm³/mol. The highest BCUT2D eigenvalue weighted by Crippen LogP contribution is 2.26. The summed E-state index contributed by atoms with van der Waals surface area (Å²) in [5, 5.41) is 8.46. The molecule has 2 aromatic rings. The van der Waals surface area contributed by atoms with Gasteiger partial charge < -0.3 is 4.90 Å². The van der Waals surface area contributed by atoms with E-state index in [4.69, 9.17) is 12.2 Å². The third-order valence-electron chi connectivity index (χ3n) is 3.19. The molecule has 94 valence electrons. The van der Waals surface area contributed by atoms with E-state index < -0.39 is 0 Å². The van der Waals surface area contributed by atoms with E-state index in [1.807, 2.05) is 28.9 Å². The van der Waals surface area contributed by atoms with Crippen molar-refractivity contribution >= 4 is 39.3 Å². The van der Waals surface area contributed by atoms with Crippen LogP contribution in [0.4, 0.5) is 0 Å². The van der Waals surface area contributed by atoms with Crippen LogP contribution in [-0.4, -0.2) is 36.5 Å². The first-order valence-corrected chi connectivity index (χ1v) is 7.40. The van der Waals surface area contributed by atoms with Crippen LogP contribution < -0.4 is 0 Å². The first-order chi connectivity index (χ1) is 8.77. The highest BCUT2D eigenvalue weighted by molar-refractivity contribution is 8.22. The molecule has 0 amide bonds. The summed E-state index contributed by atoms with van der Waals surface area (Å²) in [6, 6.07) is 8.02. The molecule has 2 heterocycles. The average molecular weight is 278 g/mol. The summed E-state index contributed by atoms with van der Waals surface area (Å²) in [7, 11) is 0. The fourth-order valence-electron chi connectivity index (χ4n) is 2.20. The molecular formula is C12H14N4S2. The molecule has 1 unspecified atom stereocenters. The van der Waals surface area contributed by atoms with Crippen molar-refractivity contribution in [2.24, 2.45) is 0 Å². The number of nitrogens with zero attached hydrogens (tertiary/aromatic N) is 4. The van der Waals surface area contributed by atoms with Crippen LogP contribution in [0.5, 0.6) is 0 Å². The molecule has 1 aliphatic heterocycles. The van der Waals surface area contributed by atoms with Crippen LogP contribution in [0.2, 0.25) is 0 Å². The second-order valence-electron chi connectivity index (χ2n) is 4.32. The molecule has 0 bridgehead atoms. The van der Waals surface area contributed by atoms with E-state index in [-0.39, 0.29) is 6.17 Å². The molecule has 0 N–H and O–H groups in total. The van der Waals surface area contributed by atoms with Gasteiger partial charge in [-0.05, 0) is 25.5 Å². The van der Waals surface area contributed by atoms with Crippen LogP contribution in [0.1, 0.15) is 19.5 Å². The molecule has 1 atom stereocenters. The van der Waals surface area contributed by atoms with Crippen molar-refractivity contribution in [2.75, 3.05) is 12.3 Å². The highest BCUT2D eigenvalue weighted by atomic mass is 32.2. The Hall–Kier alpha value is -1.14. The summed E-state index contributed by atoms with van der Waals surface area (Å²) in [5.41, 5.74) is 1.99. The summed E-state index contributed by atoms with van der Waals surface area (Å²) >= 11 is 7.18. The van der Waals surface area contributed by atoms with Crippen molar-refractivity contribution in [1.29, 1.82) is 0 Å². The van der Waals surface area contributed by atoms with Gasteiger partial charge in [-0.1, -0.05) is 41.3 Å². The summed E-state index contributed by atoms with van der Waals surface area (Å²) in [5.74, 6) is 1.13. The number of thioether (sulfide) groups is 1. The molecule has 3 rings (SSSR count). The van der Waals surface area contributed by atoms with Gasteiger partial charge in [0.1, 0.15) is 16.0 Å². The van der Waals surface area contributed by atoms with Crippen molar-refractivity contribution < 1.29 is 0 Å². The first-order valence-electron chi connectivity index (χ1n) is 6.01. The van der Waals surface area contributed by atoms with Gasteiger partial charge in [0.15, 0.2) is 0 Å². The zero-order valence-electron chi connectivity index (χ0n) is 10.1. The topological polar surface area (TPSA) is 34.0 Å². The van der Waals surface area contributed by atoms with E-state index in [2.05, 4.69) is 22.1 Å². The molecule has 6 heteroatoms. The van der Waals surface area contributed by atoms with Gasteiger partial charge in [-0.3, -0.25) is 0 Å². The first kappa shape index (κ1) is 11.9. The Kier molecular flexibility index (Phi) is 3.22. The minimum atomic E-state index is 0.123. The fraction of sp³-hybridized carbons (Fsp3) is 0.417. The Morgan fingerprint density at radius 3 is 3.06 bits per heavy atom. The maximum Gasteiger partial charge on any atom is 0.138 e. The summed E-state index contributed by atoms with van der Waals surface area (Å²) in [4.78, 5) is 2.23. The largest absolute Gasteiger partial charge is 0.336 e. The molecule has 1 saturated heterocycles. The number of thiocarbonyl (C=S) groups is 1. The maximum atomic E-state index is 5.43. The number of hydrogen-bond acceptors (Lipinski definition) is 4. The summed E-state index contributed by atoms with van der Waals surface area (Å²) in [6.45, 7) is 3.13. The lowest BCUT2D eigenvalue weighted by molar-refractivity contribution is 0.246. The van der Waals surface area contributed by atoms with Crippen LogP contribution in [0.15, 0.2) is 24.3 Å². The molecule has 1 fully saturated rings. The molecule has 1 aromatic carbocycles. The maximum absolute atomic E-state index is 5.43. The average Bonchev–Trinajstić information content (AvgIpc) is 2.82. The molecular weight excluding hydrogens is 264 g/mol. The van der Waals surface area contributed by atoms with Crippen LogP contribution in [0, 0.1) is 0 Å². The van der Waals surface area contributed by atoms with Crippen molar-refractivity contribution in [3.05, 3.63) is 24.3 Å². The van der Waals surface area contributed by atoms with Crippen molar-refractivity contribution in [3.8, 4) is 0 Å². The van der Waals surface area contributed by atoms with Gasteiger partial charge >= 0.3 is 0 Å². The lowest BCUT2D eigenvalue weighted by Crippen LogP contribution is -2.38.